The number of hydrogen-bond acceptors (Lipinski definition) is 7. The Morgan fingerprint density at radius 3 is 2.82 bits per heavy atom. The summed E-state index contributed by atoms with van der Waals surface area (Å²) < 4.78 is 31.7. The van der Waals surface area contributed by atoms with Gasteiger partial charge in [0.1, 0.15) is 17.5 Å². The van der Waals surface area contributed by atoms with Gasteiger partial charge in [0.05, 0.1) is 33.7 Å². The molecule has 1 aromatic carbocycles. The van der Waals surface area contributed by atoms with Crippen LogP contribution in [0, 0.1) is 17.7 Å². The Morgan fingerprint density at radius 2 is 2.20 bits per heavy atom. The first kappa shape index (κ1) is 35.3. The van der Waals surface area contributed by atoms with Crippen LogP contribution in [0.5, 0.6) is 6.01 Å². The van der Waals surface area contributed by atoms with Gasteiger partial charge in [-0.05, 0) is 86.5 Å². The third-order valence-corrected chi connectivity index (χ3v) is 8.86. The van der Waals surface area contributed by atoms with Gasteiger partial charge in [-0.1, -0.05) is 43.0 Å². The lowest BCUT2D eigenvalue weighted by Gasteiger charge is -2.16. The number of halogens is 4. The van der Waals surface area contributed by atoms with Crippen LogP contribution in [0.3, 0.4) is 0 Å². The molecule has 44 heavy (non-hydrogen) atoms. The van der Waals surface area contributed by atoms with E-state index in [4.69, 9.17) is 22.1 Å². The maximum Gasteiger partial charge on any atom is 0.296 e. The zero-order valence-corrected chi connectivity index (χ0v) is 28.1. The molecule has 12 heteroatoms. The fourth-order valence-corrected chi connectivity index (χ4v) is 6.07. The van der Waals surface area contributed by atoms with Crippen LogP contribution in [-0.4, -0.2) is 52.3 Å². The molecule has 2 aromatic heterocycles. The summed E-state index contributed by atoms with van der Waals surface area (Å²) in [4.78, 5) is 24.8. The average molecular weight is 694 g/mol. The Bertz CT molecular complexity index is 1580. The first-order valence-electron chi connectivity index (χ1n) is 14.6. The van der Waals surface area contributed by atoms with E-state index in [2.05, 4.69) is 52.9 Å². The molecular weight excluding hydrogens is 654 g/mol. The van der Waals surface area contributed by atoms with Gasteiger partial charge in [0.2, 0.25) is 0 Å². The van der Waals surface area contributed by atoms with Crippen molar-refractivity contribution >= 4 is 44.3 Å². The van der Waals surface area contributed by atoms with Crippen LogP contribution in [0.25, 0.3) is 10.9 Å². The van der Waals surface area contributed by atoms with E-state index in [0.29, 0.717) is 30.4 Å². The van der Waals surface area contributed by atoms with E-state index in [1.165, 1.54) is 20.0 Å². The van der Waals surface area contributed by atoms with Crippen molar-refractivity contribution < 1.29 is 13.5 Å². The molecule has 2 aliphatic rings. The van der Waals surface area contributed by atoms with Crippen LogP contribution in [0.1, 0.15) is 70.5 Å². The fourth-order valence-electron chi connectivity index (χ4n) is 5.38. The van der Waals surface area contributed by atoms with Crippen LogP contribution in [0.15, 0.2) is 39.4 Å². The molecule has 0 amide bonds. The van der Waals surface area contributed by atoms with E-state index >= 15 is 0 Å². The van der Waals surface area contributed by atoms with Crippen molar-refractivity contribution in [3.8, 4) is 17.9 Å². The summed E-state index contributed by atoms with van der Waals surface area (Å²) in [7, 11) is 1.35. The number of aryl methyl sites for hydroxylation is 1. The minimum absolute atomic E-state index is 0.0342. The van der Waals surface area contributed by atoms with E-state index in [0.717, 1.165) is 30.6 Å². The molecule has 4 heterocycles. The first-order chi connectivity index (χ1) is 21.1. The number of nitrogens with zero attached hydrogens (tertiary/aromatic N) is 3. The molecule has 5 rings (SSSR count). The number of hydrogen-bond donors (Lipinski definition) is 3. The Hall–Kier alpha value is -3.20. The smallest absolute Gasteiger partial charge is 0.296 e. The maximum atomic E-state index is 14.2. The van der Waals surface area contributed by atoms with Crippen molar-refractivity contribution in [2.24, 2.45) is 0 Å². The number of aromatic nitrogens is 3. The van der Waals surface area contributed by atoms with E-state index in [1.54, 1.807) is 6.20 Å². The van der Waals surface area contributed by atoms with Crippen molar-refractivity contribution in [1.82, 2.24) is 25.2 Å². The molecule has 4 N–H and O–H groups in total. The van der Waals surface area contributed by atoms with Crippen molar-refractivity contribution in [1.29, 1.82) is 0 Å². The molecule has 0 spiro atoms. The molecule has 8 nitrogen and oxygen atoms in total. The largest absolute Gasteiger partial charge is 0.468 e. The van der Waals surface area contributed by atoms with Gasteiger partial charge in [-0.15, -0.1) is 0 Å². The number of rotatable bonds is 6. The lowest BCUT2D eigenvalue weighted by Crippen LogP contribution is -2.22. The summed E-state index contributed by atoms with van der Waals surface area (Å²) in [5.41, 5.74) is 7.78. The monoisotopic (exact) mass is 692 g/mol. The second kappa shape index (κ2) is 16.8. The van der Waals surface area contributed by atoms with E-state index < -0.39 is 17.5 Å². The normalized spacial score (nSPS) is 18.2. The molecule has 0 bridgehead atoms. The molecule has 0 saturated carbocycles. The van der Waals surface area contributed by atoms with Gasteiger partial charge < -0.3 is 15.8 Å². The summed E-state index contributed by atoms with van der Waals surface area (Å²) in [5.74, 6) is 5.75. The lowest BCUT2D eigenvalue weighted by molar-refractivity contribution is 0.292. The van der Waals surface area contributed by atoms with Gasteiger partial charge in [0, 0.05) is 24.3 Å². The second-order valence-corrected chi connectivity index (χ2v) is 11.7. The molecule has 0 radical (unpaired) electrons. The number of anilines is 1. The summed E-state index contributed by atoms with van der Waals surface area (Å²) in [5, 5.41) is 3.68. The van der Waals surface area contributed by atoms with Crippen LogP contribution in [-0.2, 0) is 6.42 Å². The highest BCUT2D eigenvalue weighted by atomic mass is 79.9. The highest BCUT2D eigenvalue weighted by Crippen LogP contribution is 2.35. The highest BCUT2D eigenvalue weighted by molar-refractivity contribution is 9.10. The van der Waals surface area contributed by atoms with Gasteiger partial charge in [-0.3, -0.25) is 14.7 Å². The van der Waals surface area contributed by atoms with Crippen LogP contribution in [0.4, 0.5) is 14.6 Å². The fraction of sp³-hybridized carbons (Fsp3) is 0.469. The number of pyridine rings is 1. The number of methoxy groups -OCH3 is 1. The number of H-pyrrole nitrogens is 1. The molecular formula is C32H40BrClF2N6O2. The van der Waals surface area contributed by atoms with Gasteiger partial charge in [-0.25, -0.2) is 13.8 Å². The van der Waals surface area contributed by atoms with Crippen molar-refractivity contribution in [2.75, 3.05) is 25.9 Å². The number of ether oxygens (including phenoxy) is 1. The number of aromatic amines is 1. The van der Waals surface area contributed by atoms with Gasteiger partial charge in [0.25, 0.3) is 11.6 Å². The molecule has 3 atom stereocenters. The van der Waals surface area contributed by atoms with Crippen LogP contribution in [0.2, 0.25) is 5.02 Å². The maximum absolute atomic E-state index is 14.2. The standard InChI is InChI=1S/C13H17N3.C12H11BrClFN2O2.C7H12FN/c1-4-7-11(5-2)16-10(3)12-8-6-9-15-13(12)14;1-3-4-5-6-10(9(15)7(13)8(5)14)16-12(19-2)17-11(6)18;8-6-4-7-2-1-3-9(7)5-6/h5-6,8-10,16H,1-3H3,(H2,14,15);3-4H2,1-2H3,(H,16,17,18);6-7H,1-5H2/b11-5+;;. The van der Waals surface area contributed by atoms with Gasteiger partial charge in [-0.2, -0.15) is 4.98 Å². The Balaban J connectivity index is 0.000000191. The number of fused-ring (bicyclic) bond motifs is 2. The molecule has 0 aliphatic carbocycles. The number of nitrogens with one attached hydrogen (secondary N) is 2. The third kappa shape index (κ3) is 8.71. The van der Waals surface area contributed by atoms with Crippen molar-refractivity contribution in [3.63, 3.8) is 0 Å². The summed E-state index contributed by atoms with van der Waals surface area (Å²) in [6, 6.07) is 4.52. The highest BCUT2D eigenvalue weighted by Gasteiger charge is 2.34. The minimum Gasteiger partial charge on any atom is -0.468 e. The third-order valence-electron chi connectivity index (χ3n) is 7.47. The second-order valence-electron chi connectivity index (χ2n) is 10.5. The Labute approximate surface area is 270 Å². The number of nitrogen functional groups attached to an aromatic ring is 1. The zero-order chi connectivity index (χ0) is 32.4. The predicted molar refractivity (Wildman–Crippen MR) is 177 cm³/mol. The van der Waals surface area contributed by atoms with Crippen molar-refractivity contribution in [2.45, 2.75) is 78.1 Å². The minimum atomic E-state index is -0.663. The molecule has 2 aliphatic heterocycles. The Morgan fingerprint density at radius 1 is 1.45 bits per heavy atom. The van der Waals surface area contributed by atoms with E-state index in [-0.39, 0.29) is 32.5 Å². The summed E-state index contributed by atoms with van der Waals surface area (Å²) in [6.45, 7) is 9.61. The zero-order valence-electron chi connectivity index (χ0n) is 25.7. The number of benzene rings is 1. The van der Waals surface area contributed by atoms with Gasteiger partial charge in [0.15, 0.2) is 5.82 Å². The quantitative estimate of drug-likeness (QED) is 0.191. The first-order valence-corrected chi connectivity index (χ1v) is 15.8. The van der Waals surface area contributed by atoms with Crippen LogP contribution < -0.4 is 21.3 Å². The van der Waals surface area contributed by atoms with E-state index in [1.807, 2.05) is 45.9 Å². The predicted octanol–water partition coefficient (Wildman–Crippen LogP) is 6.87. The lowest BCUT2D eigenvalue weighted by atomic mass is 10.0. The molecule has 2 fully saturated rings. The molecule has 238 valence electrons. The topological polar surface area (TPSA) is 109 Å². The number of allylic oxidation sites excluding steroid dienone is 2. The number of nitrogens with two attached hydrogens (primary N) is 1. The molecule has 3 unspecified atom stereocenters. The average Bonchev–Trinajstić information content (AvgIpc) is 3.59. The molecule has 3 aromatic rings. The number of alkyl halides is 1. The summed E-state index contributed by atoms with van der Waals surface area (Å²) in [6.07, 6.45) is 7.78. The summed E-state index contributed by atoms with van der Waals surface area (Å²) >= 11 is 9.20. The molecule has 2 saturated heterocycles. The SMILES string of the molecule is CC#C/C(=C\C)NC(C)c1cccnc1N.CCCc1c(Cl)c(Br)c(F)c2nc(OC)[nH]c(=O)c12.FC1CC2CCCN2C1. The van der Waals surface area contributed by atoms with E-state index in [9.17, 15) is 13.6 Å². The van der Waals surface area contributed by atoms with Crippen LogP contribution >= 0.6 is 27.5 Å². The van der Waals surface area contributed by atoms with Gasteiger partial charge >= 0.3 is 0 Å². The Kier molecular flexibility index (Phi) is 13.4. The van der Waals surface area contributed by atoms with Crippen molar-refractivity contribution in [3.05, 3.63) is 66.9 Å².